The second-order valence-electron chi connectivity index (χ2n) is 6.71. The molecule has 1 N–H and O–H groups in total. The highest BCUT2D eigenvalue weighted by Gasteiger charge is 2.17. The van der Waals surface area contributed by atoms with Gasteiger partial charge in [0.15, 0.2) is 0 Å². The molecule has 0 radical (unpaired) electrons. The van der Waals surface area contributed by atoms with Crippen molar-refractivity contribution in [1.82, 2.24) is 15.2 Å². The number of hydrogen-bond donors (Lipinski definition) is 1. The fourth-order valence-electron chi connectivity index (χ4n) is 3.11. The Bertz CT molecular complexity index is 848. The summed E-state index contributed by atoms with van der Waals surface area (Å²) in [5.74, 6) is 1.51. The fraction of sp³-hybridized carbons (Fsp3) is 0.333. The number of anilines is 1. The van der Waals surface area contributed by atoms with Gasteiger partial charge in [-0.1, -0.05) is 22.0 Å². The van der Waals surface area contributed by atoms with Crippen LogP contribution in [0.5, 0.6) is 5.75 Å². The van der Waals surface area contributed by atoms with Gasteiger partial charge in [0.25, 0.3) is 0 Å². The Labute approximate surface area is 174 Å². The minimum Gasteiger partial charge on any atom is -0.496 e. The van der Waals surface area contributed by atoms with E-state index in [1.54, 1.807) is 19.4 Å². The number of nitrogens with zero attached hydrogens (tertiary/aromatic N) is 3. The molecule has 1 aromatic heterocycles. The van der Waals surface area contributed by atoms with Crippen LogP contribution in [-0.2, 0) is 11.3 Å². The first kappa shape index (κ1) is 20.4. The summed E-state index contributed by atoms with van der Waals surface area (Å²) in [6.45, 7) is 4.35. The largest absolute Gasteiger partial charge is 0.496 e. The molecule has 2 heterocycles. The normalized spacial score (nSPS) is 15.0. The number of rotatable bonds is 6. The number of nitrogens with one attached hydrogen (secondary N) is 1. The van der Waals surface area contributed by atoms with Gasteiger partial charge in [0.05, 0.1) is 7.11 Å². The van der Waals surface area contributed by atoms with Gasteiger partial charge in [-0.3, -0.25) is 4.79 Å². The minimum absolute atomic E-state index is 0.157. The number of carbonyl (C=O) groups is 1. The molecule has 6 nitrogen and oxygen atoms in total. The number of likely N-dealkylation sites (N-methyl/N-ethyl adjacent to an activating group) is 1. The van der Waals surface area contributed by atoms with E-state index in [2.05, 4.69) is 43.1 Å². The van der Waals surface area contributed by atoms with Gasteiger partial charge >= 0.3 is 0 Å². The van der Waals surface area contributed by atoms with Crippen LogP contribution in [0.2, 0.25) is 0 Å². The Morgan fingerprint density at radius 2 is 2.07 bits per heavy atom. The molecule has 0 bridgehead atoms. The van der Waals surface area contributed by atoms with Crippen LogP contribution in [0.1, 0.15) is 11.1 Å². The molecule has 148 valence electrons. The highest BCUT2D eigenvalue weighted by Crippen LogP contribution is 2.24. The average Bonchev–Trinajstić information content (AvgIpc) is 2.71. The summed E-state index contributed by atoms with van der Waals surface area (Å²) < 4.78 is 6.26. The van der Waals surface area contributed by atoms with Gasteiger partial charge in [0.1, 0.15) is 11.6 Å². The van der Waals surface area contributed by atoms with Crippen molar-refractivity contribution in [3.05, 3.63) is 58.2 Å². The summed E-state index contributed by atoms with van der Waals surface area (Å²) >= 11 is 3.44. The molecule has 0 unspecified atom stereocenters. The zero-order valence-electron chi connectivity index (χ0n) is 16.2. The van der Waals surface area contributed by atoms with Crippen LogP contribution in [0.25, 0.3) is 6.08 Å². The third-order valence-electron chi connectivity index (χ3n) is 4.73. The maximum Gasteiger partial charge on any atom is 0.244 e. The predicted molar refractivity (Wildman–Crippen MR) is 116 cm³/mol. The van der Waals surface area contributed by atoms with Crippen LogP contribution in [0.3, 0.4) is 0 Å². The van der Waals surface area contributed by atoms with E-state index in [1.807, 2.05) is 30.3 Å². The van der Waals surface area contributed by atoms with E-state index in [4.69, 9.17) is 4.74 Å². The zero-order chi connectivity index (χ0) is 19.9. The van der Waals surface area contributed by atoms with Gasteiger partial charge in [-0.05, 0) is 37.4 Å². The zero-order valence-corrected chi connectivity index (χ0v) is 17.8. The number of benzene rings is 1. The number of ether oxygens (including phenoxy) is 1. The molecule has 1 amide bonds. The molecule has 7 heteroatoms. The fourth-order valence-corrected chi connectivity index (χ4v) is 3.49. The quantitative estimate of drug-likeness (QED) is 0.694. The molecule has 1 aromatic carbocycles. The first-order valence-corrected chi connectivity index (χ1v) is 10.0. The average molecular weight is 445 g/mol. The van der Waals surface area contributed by atoms with Gasteiger partial charge in [-0.2, -0.15) is 0 Å². The molecule has 28 heavy (non-hydrogen) atoms. The second kappa shape index (κ2) is 9.71. The number of hydrogen-bond acceptors (Lipinski definition) is 5. The molecule has 3 rings (SSSR count). The van der Waals surface area contributed by atoms with Crippen molar-refractivity contribution in [1.29, 1.82) is 0 Å². The van der Waals surface area contributed by atoms with E-state index in [9.17, 15) is 4.79 Å². The number of aromatic nitrogens is 1. The van der Waals surface area contributed by atoms with E-state index in [1.165, 1.54) is 6.08 Å². The topological polar surface area (TPSA) is 57.7 Å². The van der Waals surface area contributed by atoms with E-state index >= 15 is 0 Å². The summed E-state index contributed by atoms with van der Waals surface area (Å²) in [6.07, 6.45) is 5.08. The maximum atomic E-state index is 12.3. The molecule has 1 aliphatic heterocycles. The van der Waals surface area contributed by atoms with Crippen LogP contribution < -0.4 is 15.0 Å². The van der Waals surface area contributed by atoms with Crippen LogP contribution in [-0.4, -0.2) is 56.1 Å². The van der Waals surface area contributed by atoms with E-state index in [-0.39, 0.29) is 5.91 Å². The van der Waals surface area contributed by atoms with Crippen LogP contribution in [0.15, 0.2) is 47.1 Å². The van der Waals surface area contributed by atoms with E-state index < -0.39 is 0 Å². The molecule has 2 aromatic rings. The molecule has 0 saturated carbocycles. The lowest BCUT2D eigenvalue weighted by Crippen LogP contribution is -2.45. The van der Waals surface area contributed by atoms with E-state index in [0.29, 0.717) is 6.54 Å². The molecule has 1 saturated heterocycles. The van der Waals surface area contributed by atoms with Gasteiger partial charge < -0.3 is 19.9 Å². The molecule has 0 atom stereocenters. The Hall–Kier alpha value is -2.38. The van der Waals surface area contributed by atoms with Crippen molar-refractivity contribution in [3.63, 3.8) is 0 Å². The predicted octanol–water partition coefficient (Wildman–Crippen LogP) is 2.93. The maximum absolute atomic E-state index is 12.3. The SMILES string of the molecule is COc1ccc(Br)cc1/C=C/C(=O)NCc1cccnc1N1CCN(C)CC1. The molecular weight excluding hydrogens is 420 g/mol. The Morgan fingerprint density at radius 3 is 2.82 bits per heavy atom. The molecular formula is C21H25BrN4O2. The number of carbonyl (C=O) groups excluding carboxylic acids is 1. The van der Waals surface area contributed by atoms with Crippen molar-refractivity contribution < 1.29 is 9.53 Å². The van der Waals surface area contributed by atoms with Crippen LogP contribution >= 0.6 is 15.9 Å². The number of amides is 1. The van der Waals surface area contributed by atoms with Gasteiger partial charge in [-0.15, -0.1) is 0 Å². The van der Waals surface area contributed by atoms with Crippen LogP contribution in [0.4, 0.5) is 5.82 Å². The lowest BCUT2D eigenvalue weighted by molar-refractivity contribution is -0.116. The lowest BCUT2D eigenvalue weighted by atomic mass is 10.2. The van der Waals surface area contributed by atoms with Crippen molar-refractivity contribution in [2.45, 2.75) is 6.54 Å². The molecule has 0 aliphatic carbocycles. The van der Waals surface area contributed by atoms with E-state index in [0.717, 1.165) is 53.3 Å². The number of halogens is 1. The van der Waals surface area contributed by atoms with Crippen molar-refractivity contribution in [3.8, 4) is 5.75 Å². The standard InChI is InChI=1S/C21H25BrN4O2/c1-25-10-12-26(13-11-25)21-17(4-3-9-23-21)15-24-20(27)8-5-16-14-18(22)6-7-19(16)28-2/h3-9,14H,10-13,15H2,1-2H3,(H,24,27)/b8-5+. The number of methoxy groups -OCH3 is 1. The highest BCUT2D eigenvalue weighted by molar-refractivity contribution is 9.10. The number of piperazine rings is 1. The van der Waals surface area contributed by atoms with Gasteiger partial charge in [0.2, 0.25) is 5.91 Å². The Balaban J connectivity index is 1.63. The number of pyridine rings is 1. The van der Waals surface area contributed by atoms with Crippen molar-refractivity contribution in [2.24, 2.45) is 0 Å². The van der Waals surface area contributed by atoms with Crippen molar-refractivity contribution in [2.75, 3.05) is 45.2 Å². The smallest absolute Gasteiger partial charge is 0.244 e. The Kier molecular flexibility index (Phi) is 7.06. The first-order valence-electron chi connectivity index (χ1n) is 9.23. The molecule has 1 aliphatic rings. The summed E-state index contributed by atoms with van der Waals surface area (Å²) in [4.78, 5) is 21.5. The van der Waals surface area contributed by atoms with Gasteiger partial charge in [0, 0.05) is 60.6 Å². The first-order chi connectivity index (χ1) is 13.6. The third kappa shape index (κ3) is 5.33. The highest BCUT2D eigenvalue weighted by atomic mass is 79.9. The summed E-state index contributed by atoms with van der Waals surface area (Å²) in [6, 6.07) is 9.60. The van der Waals surface area contributed by atoms with Crippen LogP contribution in [0, 0.1) is 0 Å². The Morgan fingerprint density at radius 1 is 1.29 bits per heavy atom. The molecule has 1 fully saturated rings. The lowest BCUT2D eigenvalue weighted by Gasteiger charge is -2.34. The summed E-state index contributed by atoms with van der Waals surface area (Å²) in [5, 5.41) is 2.95. The minimum atomic E-state index is -0.157. The summed E-state index contributed by atoms with van der Waals surface area (Å²) in [7, 11) is 3.74. The monoisotopic (exact) mass is 444 g/mol. The van der Waals surface area contributed by atoms with Crippen molar-refractivity contribution >= 4 is 33.7 Å². The molecule has 0 spiro atoms. The third-order valence-corrected chi connectivity index (χ3v) is 5.22. The second-order valence-corrected chi connectivity index (χ2v) is 7.63. The van der Waals surface area contributed by atoms with Gasteiger partial charge in [-0.25, -0.2) is 4.98 Å². The summed E-state index contributed by atoms with van der Waals surface area (Å²) in [5.41, 5.74) is 1.86.